The number of carboxylic acid groups (broad SMARTS) is 1. The molecule has 2 aliphatic heterocycles. The number of benzene rings is 1. The van der Waals surface area contributed by atoms with Crippen molar-refractivity contribution in [2.24, 2.45) is 0 Å². The Labute approximate surface area is 161 Å². The molecule has 1 aromatic carbocycles. The lowest BCUT2D eigenvalue weighted by Gasteiger charge is -2.49. The van der Waals surface area contributed by atoms with Crippen molar-refractivity contribution < 1.29 is 24.3 Å². The van der Waals surface area contributed by atoms with Crippen molar-refractivity contribution in [1.82, 2.24) is 15.3 Å². The molecular weight excluding hydrogens is 370 g/mol. The normalized spacial score (nSPS) is 21.7. The Bertz CT molecular complexity index is 780. The zero-order chi connectivity index (χ0) is 19.6. The smallest absolute Gasteiger partial charge is 0.352 e. The number of β-lactam (4-membered cyclic amide) rings is 1. The predicted molar refractivity (Wildman–Crippen MR) is 99.5 cm³/mol. The summed E-state index contributed by atoms with van der Waals surface area (Å²) in [6.07, 6.45) is 0.172. The molecule has 2 unspecified atom stereocenters. The van der Waals surface area contributed by atoms with E-state index in [-0.39, 0.29) is 24.6 Å². The van der Waals surface area contributed by atoms with E-state index in [9.17, 15) is 19.5 Å². The molecule has 9 heteroatoms. The summed E-state index contributed by atoms with van der Waals surface area (Å²) in [5, 5.41) is 13.4. The number of hydrogen-bond donors (Lipinski definition) is 2. The molecule has 2 amide bonds. The fourth-order valence-electron chi connectivity index (χ4n) is 3.01. The zero-order valence-corrected chi connectivity index (χ0v) is 15.9. The van der Waals surface area contributed by atoms with Gasteiger partial charge in [0.2, 0.25) is 5.91 Å². The largest absolute Gasteiger partial charge is 0.477 e. The number of carboxylic acids is 1. The minimum Gasteiger partial charge on any atom is -0.477 e. The third kappa shape index (κ3) is 4.15. The van der Waals surface area contributed by atoms with Crippen LogP contribution in [0.2, 0.25) is 0 Å². The van der Waals surface area contributed by atoms with Crippen molar-refractivity contribution in [2.45, 2.75) is 17.8 Å². The van der Waals surface area contributed by atoms with E-state index in [2.05, 4.69) is 5.32 Å². The number of nitrogens with one attached hydrogen (secondary N) is 1. The molecule has 144 valence electrons. The van der Waals surface area contributed by atoms with E-state index >= 15 is 0 Å². The van der Waals surface area contributed by atoms with E-state index in [0.717, 1.165) is 5.56 Å². The summed E-state index contributed by atoms with van der Waals surface area (Å²) >= 11 is 1.42. The molecule has 0 aromatic heterocycles. The van der Waals surface area contributed by atoms with Gasteiger partial charge in [0.15, 0.2) is 0 Å². The van der Waals surface area contributed by atoms with E-state index in [1.54, 1.807) is 14.1 Å². The Morgan fingerprint density at radius 3 is 2.67 bits per heavy atom. The molecule has 0 aliphatic carbocycles. The quantitative estimate of drug-likeness (QED) is 0.515. The van der Waals surface area contributed by atoms with Crippen LogP contribution in [0.15, 0.2) is 41.6 Å². The van der Waals surface area contributed by atoms with Crippen LogP contribution in [-0.4, -0.2) is 70.7 Å². The second kappa shape index (κ2) is 8.12. The molecule has 2 atom stereocenters. The summed E-state index contributed by atoms with van der Waals surface area (Å²) in [5.41, 5.74) is 1.35. The standard InChI is InChI=1S/C18H21N3O5S/c1-20(2)26-9-12-10-27-17-14(16(23)21(17)15(12)18(24)25)19-13(22)8-11-6-4-3-5-7-11/h3-7,14,17H,8-10H2,1-2H3,(H,19,22)(H,24,25). The topological polar surface area (TPSA) is 99.2 Å². The van der Waals surface area contributed by atoms with E-state index in [1.807, 2.05) is 30.3 Å². The number of amides is 2. The molecular formula is C18H21N3O5S. The summed E-state index contributed by atoms with van der Waals surface area (Å²) in [5.74, 6) is -1.41. The SMILES string of the molecule is CN(C)OCC1=C(C(=O)O)N2C(=O)C(NC(=O)Cc3ccccc3)C2SC1. The summed E-state index contributed by atoms with van der Waals surface area (Å²) in [4.78, 5) is 43.1. The summed E-state index contributed by atoms with van der Waals surface area (Å²) < 4.78 is 0. The first-order chi connectivity index (χ1) is 12.9. The lowest BCUT2D eigenvalue weighted by atomic mass is 10.0. The molecule has 2 N–H and O–H groups in total. The Morgan fingerprint density at radius 2 is 2.04 bits per heavy atom. The first kappa shape index (κ1) is 19.4. The van der Waals surface area contributed by atoms with Gasteiger partial charge in [0.25, 0.3) is 5.91 Å². The van der Waals surface area contributed by atoms with Gasteiger partial charge in [0.1, 0.15) is 17.1 Å². The Hall–Kier alpha value is -2.36. The van der Waals surface area contributed by atoms with Gasteiger partial charge in [0, 0.05) is 19.8 Å². The monoisotopic (exact) mass is 391 g/mol. The second-order valence-electron chi connectivity index (χ2n) is 6.46. The maximum atomic E-state index is 12.5. The summed E-state index contributed by atoms with van der Waals surface area (Å²) in [7, 11) is 3.40. The molecule has 1 saturated heterocycles. The predicted octanol–water partition coefficient (Wildman–Crippen LogP) is 0.461. The highest BCUT2D eigenvalue weighted by atomic mass is 32.2. The molecule has 0 spiro atoms. The van der Waals surface area contributed by atoms with Gasteiger partial charge in [0.05, 0.1) is 13.0 Å². The Balaban J connectivity index is 1.68. The molecule has 27 heavy (non-hydrogen) atoms. The van der Waals surface area contributed by atoms with Crippen LogP contribution in [0.3, 0.4) is 0 Å². The number of carbonyl (C=O) groups excluding carboxylic acids is 2. The maximum Gasteiger partial charge on any atom is 0.352 e. The van der Waals surface area contributed by atoms with Crippen molar-refractivity contribution in [3.05, 3.63) is 47.2 Å². The molecule has 0 radical (unpaired) electrons. The van der Waals surface area contributed by atoms with Crippen molar-refractivity contribution in [2.75, 3.05) is 26.5 Å². The molecule has 8 nitrogen and oxygen atoms in total. The molecule has 0 bridgehead atoms. The third-order valence-electron chi connectivity index (χ3n) is 4.27. The minimum absolute atomic E-state index is 0.0424. The number of rotatable bonds is 7. The average molecular weight is 391 g/mol. The van der Waals surface area contributed by atoms with Crippen LogP contribution in [0, 0.1) is 0 Å². The molecule has 1 aromatic rings. The van der Waals surface area contributed by atoms with Gasteiger partial charge in [-0.1, -0.05) is 30.3 Å². The molecule has 3 rings (SSSR count). The van der Waals surface area contributed by atoms with Gasteiger partial charge >= 0.3 is 5.97 Å². The highest BCUT2D eigenvalue weighted by Crippen LogP contribution is 2.40. The Morgan fingerprint density at radius 1 is 1.33 bits per heavy atom. The zero-order valence-electron chi connectivity index (χ0n) is 15.0. The van der Waals surface area contributed by atoms with E-state index in [1.165, 1.54) is 21.7 Å². The number of carbonyl (C=O) groups is 3. The van der Waals surface area contributed by atoms with Crippen LogP contribution in [0.5, 0.6) is 0 Å². The Kier molecular flexibility index (Phi) is 5.83. The van der Waals surface area contributed by atoms with Gasteiger partial charge in [-0.25, -0.2) is 4.79 Å². The first-order valence-corrected chi connectivity index (χ1v) is 9.47. The molecule has 2 aliphatic rings. The van der Waals surface area contributed by atoms with Gasteiger partial charge in [-0.3, -0.25) is 19.3 Å². The van der Waals surface area contributed by atoms with E-state index in [0.29, 0.717) is 11.3 Å². The van der Waals surface area contributed by atoms with Crippen LogP contribution in [0.25, 0.3) is 0 Å². The maximum absolute atomic E-state index is 12.5. The van der Waals surface area contributed by atoms with Crippen LogP contribution in [0.4, 0.5) is 0 Å². The molecule has 1 fully saturated rings. The lowest BCUT2D eigenvalue weighted by Crippen LogP contribution is -2.70. The fraction of sp³-hybridized carbons (Fsp3) is 0.389. The van der Waals surface area contributed by atoms with Gasteiger partial charge < -0.3 is 10.4 Å². The van der Waals surface area contributed by atoms with Crippen LogP contribution in [0.1, 0.15) is 5.56 Å². The number of fused-ring (bicyclic) bond motifs is 1. The number of hydrogen-bond acceptors (Lipinski definition) is 6. The fourth-order valence-corrected chi connectivity index (χ4v) is 4.33. The van der Waals surface area contributed by atoms with Gasteiger partial charge in [-0.15, -0.1) is 11.8 Å². The van der Waals surface area contributed by atoms with Crippen LogP contribution < -0.4 is 5.32 Å². The van der Waals surface area contributed by atoms with Crippen molar-refractivity contribution in [1.29, 1.82) is 0 Å². The number of nitrogens with zero attached hydrogens (tertiary/aromatic N) is 2. The van der Waals surface area contributed by atoms with Crippen molar-refractivity contribution in [3.63, 3.8) is 0 Å². The van der Waals surface area contributed by atoms with Crippen molar-refractivity contribution in [3.8, 4) is 0 Å². The van der Waals surface area contributed by atoms with Gasteiger partial charge in [-0.05, 0) is 11.1 Å². The third-order valence-corrected chi connectivity index (χ3v) is 5.61. The summed E-state index contributed by atoms with van der Waals surface area (Å²) in [6, 6.07) is 8.52. The summed E-state index contributed by atoms with van der Waals surface area (Å²) in [6.45, 7) is 0.100. The number of aliphatic carboxylic acids is 1. The highest BCUT2D eigenvalue weighted by Gasteiger charge is 2.54. The average Bonchev–Trinajstić information content (AvgIpc) is 2.64. The molecule has 0 saturated carbocycles. The number of thioether (sulfide) groups is 1. The van der Waals surface area contributed by atoms with Gasteiger partial charge in [-0.2, -0.15) is 5.06 Å². The lowest BCUT2D eigenvalue weighted by molar-refractivity contribution is -0.151. The number of hydroxylamine groups is 2. The second-order valence-corrected chi connectivity index (χ2v) is 7.57. The van der Waals surface area contributed by atoms with Crippen LogP contribution in [-0.2, 0) is 25.6 Å². The first-order valence-electron chi connectivity index (χ1n) is 8.42. The van der Waals surface area contributed by atoms with E-state index in [4.69, 9.17) is 4.84 Å². The molecule has 2 heterocycles. The van der Waals surface area contributed by atoms with Crippen LogP contribution >= 0.6 is 11.8 Å². The highest BCUT2D eigenvalue weighted by molar-refractivity contribution is 8.00. The van der Waals surface area contributed by atoms with Crippen molar-refractivity contribution >= 4 is 29.5 Å². The van der Waals surface area contributed by atoms with E-state index < -0.39 is 23.3 Å². The minimum atomic E-state index is -1.17.